The topological polar surface area (TPSA) is 42.7 Å². The number of aromatic nitrogens is 3. The van der Waals surface area contributed by atoms with Crippen molar-refractivity contribution in [2.75, 3.05) is 13.1 Å². The Morgan fingerprint density at radius 2 is 2.60 bits per heavy atom. The highest BCUT2D eigenvalue weighted by Gasteiger charge is 2.15. The minimum absolute atomic E-state index is 0.530. The van der Waals surface area contributed by atoms with Crippen molar-refractivity contribution in [2.45, 2.75) is 12.5 Å². The van der Waals surface area contributed by atoms with E-state index >= 15 is 0 Å². The number of nitrogens with one attached hydrogen (secondary N) is 1. The molecule has 54 valence electrons. The first kappa shape index (κ1) is 5.85. The van der Waals surface area contributed by atoms with Crippen LogP contribution in [-0.4, -0.2) is 28.1 Å². The largest absolute Gasteiger partial charge is 0.315 e. The molecule has 0 unspecified atom stereocenters. The maximum Gasteiger partial charge on any atom is 0.0693 e. The highest BCUT2D eigenvalue weighted by Crippen LogP contribution is 2.11. The van der Waals surface area contributed by atoms with E-state index in [1.165, 1.54) is 6.42 Å². The zero-order valence-corrected chi connectivity index (χ0v) is 5.70. The van der Waals surface area contributed by atoms with Gasteiger partial charge in [-0.25, -0.2) is 4.68 Å². The summed E-state index contributed by atoms with van der Waals surface area (Å²) in [7, 11) is 0. The maximum atomic E-state index is 3.92. The van der Waals surface area contributed by atoms with Crippen LogP contribution in [0.25, 0.3) is 0 Å². The molecule has 1 aromatic rings. The molecule has 0 spiro atoms. The number of nitrogens with zero attached hydrogens (tertiary/aromatic N) is 3. The van der Waals surface area contributed by atoms with Gasteiger partial charge in [0.05, 0.1) is 12.2 Å². The first-order valence-corrected chi connectivity index (χ1v) is 3.53. The molecule has 0 radical (unpaired) electrons. The predicted octanol–water partition coefficient (Wildman–Crippen LogP) is -0.188. The molecular weight excluding hydrogens is 128 g/mol. The summed E-state index contributed by atoms with van der Waals surface area (Å²) in [6.07, 6.45) is 4.80. The summed E-state index contributed by atoms with van der Waals surface area (Å²) in [5, 5.41) is 10.9. The van der Waals surface area contributed by atoms with E-state index in [4.69, 9.17) is 0 Å². The van der Waals surface area contributed by atoms with Crippen molar-refractivity contribution >= 4 is 0 Å². The fourth-order valence-corrected chi connectivity index (χ4v) is 1.28. The van der Waals surface area contributed by atoms with Crippen LogP contribution in [-0.2, 0) is 0 Å². The van der Waals surface area contributed by atoms with E-state index in [1.807, 2.05) is 10.9 Å². The van der Waals surface area contributed by atoms with E-state index < -0.39 is 0 Å². The first-order valence-electron chi connectivity index (χ1n) is 3.53. The van der Waals surface area contributed by atoms with Crippen molar-refractivity contribution in [1.82, 2.24) is 20.3 Å². The Morgan fingerprint density at radius 3 is 3.20 bits per heavy atom. The smallest absolute Gasteiger partial charge is 0.0693 e. The Hall–Kier alpha value is -0.900. The van der Waals surface area contributed by atoms with Gasteiger partial charge in [-0.3, -0.25) is 0 Å². The third-order valence-electron chi connectivity index (χ3n) is 1.85. The second-order valence-corrected chi connectivity index (χ2v) is 2.53. The first-order chi connectivity index (χ1) is 4.97. The molecule has 1 aliphatic rings. The van der Waals surface area contributed by atoms with Gasteiger partial charge < -0.3 is 5.32 Å². The summed E-state index contributed by atoms with van der Waals surface area (Å²) in [6.45, 7) is 2.13. The van der Waals surface area contributed by atoms with Gasteiger partial charge in [0.25, 0.3) is 0 Å². The van der Waals surface area contributed by atoms with Crippen LogP contribution >= 0.6 is 0 Å². The summed E-state index contributed by atoms with van der Waals surface area (Å²) < 4.78 is 1.92. The zero-order chi connectivity index (χ0) is 6.81. The van der Waals surface area contributed by atoms with Gasteiger partial charge in [0.1, 0.15) is 0 Å². The second-order valence-electron chi connectivity index (χ2n) is 2.53. The van der Waals surface area contributed by atoms with Gasteiger partial charge in [-0.15, -0.1) is 5.10 Å². The van der Waals surface area contributed by atoms with Crippen LogP contribution < -0.4 is 5.32 Å². The lowest BCUT2D eigenvalue weighted by Gasteiger charge is -2.05. The molecule has 2 rings (SSSR count). The molecular formula is C6H10N4. The summed E-state index contributed by atoms with van der Waals surface area (Å²) in [6, 6.07) is 0.530. The molecule has 1 fully saturated rings. The van der Waals surface area contributed by atoms with Crippen molar-refractivity contribution < 1.29 is 0 Å². The Bertz CT molecular complexity index is 188. The van der Waals surface area contributed by atoms with E-state index in [0.717, 1.165) is 13.1 Å². The van der Waals surface area contributed by atoms with Crippen LogP contribution in [0.15, 0.2) is 12.4 Å². The molecule has 0 bridgehead atoms. The Kier molecular flexibility index (Phi) is 1.39. The van der Waals surface area contributed by atoms with E-state index in [9.17, 15) is 0 Å². The third kappa shape index (κ3) is 0.903. The molecule has 1 atom stereocenters. The summed E-state index contributed by atoms with van der Waals surface area (Å²) in [5.74, 6) is 0. The van der Waals surface area contributed by atoms with Crippen LogP contribution in [0.1, 0.15) is 12.5 Å². The van der Waals surface area contributed by atoms with Crippen molar-refractivity contribution in [3.63, 3.8) is 0 Å². The van der Waals surface area contributed by atoms with E-state index in [0.29, 0.717) is 6.04 Å². The number of rotatable bonds is 1. The Morgan fingerprint density at radius 1 is 1.60 bits per heavy atom. The second kappa shape index (κ2) is 2.38. The third-order valence-corrected chi connectivity index (χ3v) is 1.85. The van der Waals surface area contributed by atoms with E-state index in [1.54, 1.807) is 6.20 Å². The number of hydrogen-bond acceptors (Lipinski definition) is 3. The molecule has 1 saturated heterocycles. The zero-order valence-electron chi connectivity index (χ0n) is 5.70. The lowest BCUT2D eigenvalue weighted by Crippen LogP contribution is -2.13. The summed E-state index contributed by atoms with van der Waals surface area (Å²) in [4.78, 5) is 0. The molecule has 0 saturated carbocycles. The molecule has 1 aromatic heterocycles. The Labute approximate surface area is 59.2 Å². The number of hydrogen-bond donors (Lipinski definition) is 1. The normalized spacial score (nSPS) is 25.4. The van der Waals surface area contributed by atoms with Crippen LogP contribution in [0.2, 0.25) is 0 Å². The Balaban J connectivity index is 2.12. The fourth-order valence-electron chi connectivity index (χ4n) is 1.28. The maximum absolute atomic E-state index is 3.92. The van der Waals surface area contributed by atoms with Gasteiger partial charge in [-0.1, -0.05) is 5.21 Å². The minimum atomic E-state index is 0.530. The van der Waals surface area contributed by atoms with Gasteiger partial charge in [-0.2, -0.15) is 0 Å². The van der Waals surface area contributed by atoms with Crippen molar-refractivity contribution in [3.05, 3.63) is 12.4 Å². The minimum Gasteiger partial charge on any atom is -0.315 e. The van der Waals surface area contributed by atoms with Gasteiger partial charge in [0.2, 0.25) is 0 Å². The molecule has 0 aromatic carbocycles. The van der Waals surface area contributed by atoms with Gasteiger partial charge in [0.15, 0.2) is 0 Å². The highest BCUT2D eigenvalue weighted by molar-refractivity contribution is 4.78. The molecule has 1 N–H and O–H groups in total. The highest BCUT2D eigenvalue weighted by atomic mass is 15.4. The molecule has 2 heterocycles. The SMILES string of the molecule is c1cn([C@@H]2CCNC2)nn1. The predicted molar refractivity (Wildman–Crippen MR) is 36.5 cm³/mol. The van der Waals surface area contributed by atoms with Crippen LogP contribution in [0.5, 0.6) is 0 Å². The van der Waals surface area contributed by atoms with Crippen LogP contribution in [0.3, 0.4) is 0 Å². The molecule has 1 aliphatic heterocycles. The molecule has 0 amide bonds. The van der Waals surface area contributed by atoms with Crippen LogP contribution in [0, 0.1) is 0 Å². The average Bonchev–Trinajstić information content (AvgIpc) is 2.59. The van der Waals surface area contributed by atoms with Gasteiger partial charge >= 0.3 is 0 Å². The van der Waals surface area contributed by atoms with E-state index in [2.05, 4.69) is 15.6 Å². The average molecular weight is 138 g/mol. The molecule has 0 aliphatic carbocycles. The monoisotopic (exact) mass is 138 g/mol. The summed E-state index contributed by atoms with van der Waals surface area (Å²) in [5.41, 5.74) is 0. The summed E-state index contributed by atoms with van der Waals surface area (Å²) >= 11 is 0. The quantitative estimate of drug-likeness (QED) is 0.585. The van der Waals surface area contributed by atoms with Crippen molar-refractivity contribution in [3.8, 4) is 0 Å². The lowest BCUT2D eigenvalue weighted by molar-refractivity contribution is 0.476. The van der Waals surface area contributed by atoms with Crippen molar-refractivity contribution in [2.24, 2.45) is 0 Å². The molecule has 4 nitrogen and oxygen atoms in total. The fraction of sp³-hybridized carbons (Fsp3) is 0.667. The van der Waals surface area contributed by atoms with E-state index in [-0.39, 0.29) is 0 Å². The van der Waals surface area contributed by atoms with Crippen LogP contribution in [0.4, 0.5) is 0 Å². The van der Waals surface area contributed by atoms with Gasteiger partial charge in [-0.05, 0) is 13.0 Å². The standard InChI is InChI=1S/C6H10N4/c1-2-7-5-6(1)10-4-3-8-9-10/h3-4,6-7H,1-2,5H2/t6-/m1/s1. The molecule has 10 heavy (non-hydrogen) atoms. The lowest BCUT2D eigenvalue weighted by atomic mass is 10.3. The molecule has 4 heteroatoms. The van der Waals surface area contributed by atoms with Gasteiger partial charge in [0, 0.05) is 12.7 Å². The van der Waals surface area contributed by atoms with Crippen molar-refractivity contribution in [1.29, 1.82) is 0 Å².